The highest BCUT2D eigenvalue weighted by molar-refractivity contribution is 7.89. The molecule has 6 heteroatoms. The maximum Gasteiger partial charge on any atom is 0.243 e. The molecule has 1 aliphatic rings. The highest BCUT2D eigenvalue weighted by Crippen LogP contribution is 2.59. The first-order valence-electron chi connectivity index (χ1n) is 9.57. The molecule has 0 spiro atoms. The molecule has 1 fully saturated rings. The zero-order valence-electron chi connectivity index (χ0n) is 17.2. The molecule has 2 unspecified atom stereocenters. The van der Waals surface area contributed by atoms with Crippen LogP contribution in [0.3, 0.4) is 0 Å². The molecule has 2 rings (SSSR count). The lowest BCUT2D eigenvalue weighted by atomic mass is 10.1. The Morgan fingerprint density at radius 3 is 2.19 bits per heavy atom. The summed E-state index contributed by atoms with van der Waals surface area (Å²) in [5.41, 5.74) is 2.11. The fourth-order valence-corrected chi connectivity index (χ4v) is 5.10. The van der Waals surface area contributed by atoms with E-state index >= 15 is 0 Å². The number of carbonyl (C=O) groups excluding carboxylic acids is 1. The van der Waals surface area contributed by atoms with Gasteiger partial charge in [-0.15, -0.1) is 0 Å². The molecule has 1 amide bonds. The number of nitrogens with one attached hydrogen (secondary N) is 1. The van der Waals surface area contributed by atoms with Crippen LogP contribution in [0.1, 0.15) is 47.1 Å². The molecule has 5 nitrogen and oxygen atoms in total. The van der Waals surface area contributed by atoms with Crippen LogP contribution < -0.4 is 5.32 Å². The van der Waals surface area contributed by atoms with E-state index in [0.29, 0.717) is 19.6 Å². The van der Waals surface area contributed by atoms with Crippen molar-refractivity contribution < 1.29 is 13.2 Å². The molecule has 150 valence electrons. The van der Waals surface area contributed by atoms with Gasteiger partial charge in [0.05, 0.1) is 10.8 Å². The third-order valence-corrected chi connectivity index (χ3v) is 7.50. The van der Waals surface area contributed by atoms with Gasteiger partial charge in [0.1, 0.15) is 0 Å². The van der Waals surface area contributed by atoms with E-state index in [-0.39, 0.29) is 28.1 Å². The minimum atomic E-state index is -3.45. The first kappa shape index (κ1) is 21.6. The Bertz CT molecular complexity index is 802. The third kappa shape index (κ3) is 4.61. The number of amides is 1. The molecule has 0 aromatic heterocycles. The lowest BCUT2D eigenvalue weighted by Gasteiger charge is -2.18. The molecular formula is C21H32N2O3S. The van der Waals surface area contributed by atoms with Crippen LogP contribution in [-0.4, -0.2) is 31.7 Å². The van der Waals surface area contributed by atoms with Gasteiger partial charge in [-0.05, 0) is 42.9 Å². The van der Waals surface area contributed by atoms with Crippen molar-refractivity contribution in [1.82, 2.24) is 9.62 Å². The summed E-state index contributed by atoms with van der Waals surface area (Å²) in [5, 5.41) is 2.99. The number of nitrogens with zero attached hydrogens (tertiary/aromatic N) is 1. The quantitative estimate of drug-likeness (QED) is 0.688. The van der Waals surface area contributed by atoms with Gasteiger partial charge in [0.2, 0.25) is 15.9 Å². The molecule has 1 aromatic rings. The van der Waals surface area contributed by atoms with Crippen molar-refractivity contribution in [1.29, 1.82) is 0 Å². The number of carbonyl (C=O) groups is 1. The van der Waals surface area contributed by atoms with Crippen LogP contribution in [-0.2, 0) is 21.4 Å². The van der Waals surface area contributed by atoms with Gasteiger partial charge in [0.15, 0.2) is 0 Å². The highest BCUT2D eigenvalue weighted by atomic mass is 32.2. The van der Waals surface area contributed by atoms with E-state index in [9.17, 15) is 13.2 Å². The molecule has 1 aromatic carbocycles. The summed E-state index contributed by atoms with van der Waals surface area (Å²) in [6, 6.07) is 6.76. The SMILES string of the molecule is CCN(CC)S(=O)(=O)c1ccc(CNC(=O)C2C(C=C(C)C)C2(C)C)cc1. The van der Waals surface area contributed by atoms with Gasteiger partial charge in [-0.25, -0.2) is 8.42 Å². The van der Waals surface area contributed by atoms with Crippen LogP contribution >= 0.6 is 0 Å². The summed E-state index contributed by atoms with van der Waals surface area (Å²) in [4.78, 5) is 12.8. The number of benzene rings is 1. The zero-order chi connectivity index (χ0) is 20.4. The van der Waals surface area contributed by atoms with E-state index in [1.165, 1.54) is 9.88 Å². The topological polar surface area (TPSA) is 66.5 Å². The van der Waals surface area contributed by atoms with Crippen molar-refractivity contribution in [2.24, 2.45) is 17.3 Å². The van der Waals surface area contributed by atoms with Crippen molar-refractivity contribution in [3.05, 3.63) is 41.5 Å². The van der Waals surface area contributed by atoms with Crippen molar-refractivity contribution in [2.75, 3.05) is 13.1 Å². The second kappa shape index (κ2) is 8.15. The fourth-order valence-electron chi connectivity index (χ4n) is 3.64. The Morgan fingerprint density at radius 2 is 1.70 bits per heavy atom. The Kier molecular flexibility index (Phi) is 6.53. The van der Waals surface area contributed by atoms with E-state index in [0.717, 1.165) is 5.56 Å². The zero-order valence-corrected chi connectivity index (χ0v) is 18.1. The van der Waals surface area contributed by atoms with Crippen molar-refractivity contribution >= 4 is 15.9 Å². The van der Waals surface area contributed by atoms with Crippen LogP contribution in [0.4, 0.5) is 0 Å². The van der Waals surface area contributed by atoms with Crippen molar-refractivity contribution in [3.63, 3.8) is 0 Å². The molecular weight excluding hydrogens is 360 g/mol. The van der Waals surface area contributed by atoms with Gasteiger partial charge in [0, 0.05) is 19.6 Å². The van der Waals surface area contributed by atoms with Gasteiger partial charge in [-0.2, -0.15) is 4.31 Å². The van der Waals surface area contributed by atoms with Crippen LogP contribution in [0.5, 0.6) is 0 Å². The minimum absolute atomic E-state index is 0.00489. The van der Waals surface area contributed by atoms with E-state index in [2.05, 4.69) is 39.1 Å². The third-order valence-electron chi connectivity index (χ3n) is 5.44. The van der Waals surface area contributed by atoms with E-state index in [4.69, 9.17) is 0 Å². The van der Waals surface area contributed by atoms with Crippen molar-refractivity contribution in [3.8, 4) is 0 Å². The number of hydrogen-bond donors (Lipinski definition) is 1. The number of allylic oxidation sites excluding steroid dienone is 2. The van der Waals surface area contributed by atoms with E-state index in [1.54, 1.807) is 24.3 Å². The highest BCUT2D eigenvalue weighted by Gasteiger charge is 2.60. The van der Waals surface area contributed by atoms with Crippen LogP contribution in [0, 0.1) is 17.3 Å². The van der Waals surface area contributed by atoms with Crippen molar-refractivity contribution in [2.45, 2.75) is 53.0 Å². The number of hydrogen-bond acceptors (Lipinski definition) is 3. The standard InChI is InChI=1S/C21H32N2O3S/c1-7-23(8-2)27(25,26)17-11-9-16(10-12-17)14-22-20(24)19-18(13-15(3)4)21(19,5)6/h9-13,18-19H,7-8,14H2,1-6H3,(H,22,24). The molecule has 0 radical (unpaired) electrons. The minimum Gasteiger partial charge on any atom is -0.352 e. The summed E-state index contributed by atoms with van der Waals surface area (Å²) in [7, 11) is -3.45. The number of sulfonamides is 1. The Hall–Kier alpha value is -1.66. The normalized spacial score (nSPS) is 21.0. The first-order chi connectivity index (χ1) is 12.6. The lowest BCUT2D eigenvalue weighted by molar-refractivity contribution is -0.123. The van der Waals surface area contributed by atoms with Crippen LogP contribution in [0.25, 0.3) is 0 Å². The average molecular weight is 393 g/mol. The summed E-state index contributed by atoms with van der Waals surface area (Å²) in [6.45, 7) is 13.3. The Morgan fingerprint density at radius 1 is 1.15 bits per heavy atom. The summed E-state index contributed by atoms with van der Waals surface area (Å²) >= 11 is 0. The van der Waals surface area contributed by atoms with Gasteiger partial charge in [0.25, 0.3) is 0 Å². The van der Waals surface area contributed by atoms with Gasteiger partial charge in [-0.3, -0.25) is 4.79 Å². The van der Waals surface area contributed by atoms with Crippen LogP contribution in [0.2, 0.25) is 0 Å². The lowest BCUT2D eigenvalue weighted by Crippen LogP contribution is -2.30. The van der Waals surface area contributed by atoms with Gasteiger partial charge in [-0.1, -0.05) is 51.5 Å². The molecule has 1 N–H and O–H groups in total. The molecule has 27 heavy (non-hydrogen) atoms. The molecule has 0 saturated heterocycles. The van der Waals surface area contributed by atoms with E-state index < -0.39 is 10.0 Å². The maximum absolute atomic E-state index is 12.5. The smallest absolute Gasteiger partial charge is 0.243 e. The molecule has 0 heterocycles. The maximum atomic E-state index is 12.5. The second-order valence-corrected chi connectivity index (χ2v) is 9.96. The van der Waals surface area contributed by atoms with Gasteiger partial charge >= 0.3 is 0 Å². The molecule has 1 saturated carbocycles. The molecule has 1 aliphatic carbocycles. The van der Waals surface area contributed by atoms with Crippen LogP contribution in [0.15, 0.2) is 40.8 Å². The monoisotopic (exact) mass is 392 g/mol. The fraction of sp³-hybridized carbons (Fsp3) is 0.571. The summed E-state index contributed by atoms with van der Waals surface area (Å²) < 4.78 is 26.5. The largest absolute Gasteiger partial charge is 0.352 e. The van der Waals surface area contributed by atoms with E-state index in [1.807, 2.05) is 13.8 Å². The second-order valence-electron chi connectivity index (χ2n) is 8.02. The summed E-state index contributed by atoms with van der Waals surface area (Å²) in [5.74, 6) is 0.334. The molecule has 0 aliphatic heterocycles. The molecule has 2 atom stereocenters. The molecule has 0 bridgehead atoms. The average Bonchev–Trinajstić information content (AvgIpc) is 3.13. The number of rotatable bonds is 8. The summed E-state index contributed by atoms with van der Waals surface area (Å²) in [6.07, 6.45) is 2.18. The first-order valence-corrected chi connectivity index (χ1v) is 11.0. The predicted molar refractivity (Wildman–Crippen MR) is 109 cm³/mol. The van der Waals surface area contributed by atoms with Gasteiger partial charge < -0.3 is 5.32 Å². The Balaban J connectivity index is 2.00. The Labute approximate surface area is 163 Å². The predicted octanol–water partition coefficient (Wildman–Crippen LogP) is 3.57.